The molecule has 0 saturated heterocycles. The molecule has 0 unspecified atom stereocenters. The van der Waals surface area contributed by atoms with Gasteiger partial charge in [0.05, 0.1) is 40.2 Å². The Morgan fingerprint density at radius 2 is 1.05 bits per heavy atom. The molecule has 77 heavy (non-hydrogen) atoms. The summed E-state index contributed by atoms with van der Waals surface area (Å²) < 4.78 is 78.5. The molecule has 4 N–H and O–H groups in total. The molecule has 1 amide bonds. The summed E-state index contributed by atoms with van der Waals surface area (Å²) in [4.78, 5) is 16.1. The number of anilines is 1. The van der Waals surface area contributed by atoms with Crippen LogP contribution in [-0.4, -0.2) is 105 Å². The first kappa shape index (κ1) is 59.8. The number of nitrogens with zero attached hydrogens (tertiary/aromatic N) is 5. The van der Waals surface area contributed by atoms with Gasteiger partial charge >= 0.3 is 48.9 Å². The van der Waals surface area contributed by atoms with Crippen molar-refractivity contribution in [3.8, 4) is 23.0 Å². The Morgan fingerprint density at radius 3 is 1.58 bits per heavy atom. The molecule has 0 atom stereocenters. The number of para-hydroxylation sites is 4. The van der Waals surface area contributed by atoms with E-state index in [1.807, 2.05) is 20.8 Å². The molecule has 0 radical (unpaired) electrons. The number of hydrogen-bond acceptors (Lipinski definition) is 15. The number of benzene rings is 8. The summed E-state index contributed by atoms with van der Waals surface area (Å²) in [5, 5.41) is 58.2. The molecular formula is C54H46BaCl2N6O12S2. The van der Waals surface area contributed by atoms with Crippen LogP contribution in [0.25, 0.3) is 21.5 Å². The largest absolute Gasteiger partial charge is 2.00 e. The number of nitrogens with one attached hydrogen (secondary N) is 1. The zero-order valence-corrected chi connectivity index (χ0v) is 49.1. The Bertz CT molecular complexity index is 3860. The van der Waals surface area contributed by atoms with E-state index in [1.165, 1.54) is 36.4 Å². The number of carbonyl (C=O) groups is 1. The van der Waals surface area contributed by atoms with Crippen molar-refractivity contribution in [2.45, 2.75) is 50.3 Å². The normalized spacial score (nSPS) is 11.9. The topological polar surface area (TPSA) is 284 Å². The third-order valence-corrected chi connectivity index (χ3v) is 14.0. The number of ether oxygens (including phenoxy) is 2. The van der Waals surface area contributed by atoms with Crippen molar-refractivity contribution in [3.05, 3.63) is 166 Å². The van der Waals surface area contributed by atoms with Gasteiger partial charge in [0.2, 0.25) is 0 Å². The van der Waals surface area contributed by atoms with Gasteiger partial charge in [0.25, 0.3) is 26.1 Å². The first-order valence-corrected chi connectivity index (χ1v) is 26.8. The van der Waals surface area contributed by atoms with Crippen molar-refractivity contribution < 1.29 is 55.5 Å². The zero-order chi connectivity index (χ0) is 54.9. The van der Waals surface area contributed by atoms with Gasteiger partial charge in [-0.05, 0) is 121 Å². The number of aromatic hydroxyl groups is 1. The zero-order valence-electron chi connectivity index (χ0n) is 41.6. The van der Waals surface area contributed by atoms with Crippen LogP contribution in [0.4, 0.5) is 34.1 Å². The number of rotatable bonds is 16. The minimum atomic E-state index is -4.76. The summed E-state index contributed by atoms with van der Waals surface area (Å²) in [5.74, 6) is -1.78. The summed E-state index contributed by atoms with van der Waals surface area (Å²) in [6.45, 7) is 8.04. The predicted octanol–water partition coefficient (Wildman–Crippen LogP) is 12.3. The Morgan fingerprint density at radius 1 is 0.597 bits per heavy atom. The standard InChI is InChI=1S/2C27H24ClN3O6S.Ba/c2*1-3-16-13-20(28)26(38(34,35)36)22(14-16)30-31-24-18-10-6-5-9-17(18)15-19(25(24)32)27(33)29-21-11-7-8-12-23(21)37-4-2;/h2*5-15,32H,3-4H2,1-2H3,(H,29,33)(H,34,35,36);/q;;+2/p-2. The van der Waals surface area contributed by atoms with Gasteiger partial charge in [-0.2, -0.15) is 21.9 Å². The quantitative estimate of drug-likeness (QED) is 0.0231. The van der Waals surface area contributed by atoms with Crippen molar-refractivity contribution >= 4 is 160 Å². The fourth-order valence-corrected chi connectivity index (χ4v) is 10.1. The summed E-state index contributed by atoms with van der Waals surface area (Å²) in [6.07, 6.45) is 1.01. The van der Waals surface area contributed by atoms with Gasteiger partial charge in [0, 0.05) is 10.8 Å². The molecule has 8 aromatic rings. The second-order valence-electron chi connectivity index (χ2n) is 16.3. The SMILES string of the molecule is CCOc1ccccc1N=C([O-])c1cc2ccccc2c(N=Nc2cc(CC)cc(Cl)c2S(=O)(=O)O)c1[O-].CCOc1ccccc1NC(=O)c1cc2ccccc2c(N=Nc2cc(CC)cc(Cl)c2S(=O)(=O)O)c1O.[Ba+2]. The number of fused-ring (bicyclic) bond motifs is 2. The van der Waals surface area contributed by atoms with Gasteiger partial charge in [-0.1, -0.05) is 116 Å². The van der Waals surface area contributed by atoms with Crippen LogP contribution < -0.4 is 25.0 Å². The van der Waals surface area contributed by atoms with Gasteiger partial charge in [-0.25, -0.2) is 0 Å². The molecule has 0 spiro atoms. The average Bonchev–Trinajstić information content (AvgIpc) is 3.38. The van der Waals surface area contributed by atoms with E-state index in [2.05, 4.69) is 30.8 Å². The number of phenols is 1. The van der Waals surface area contributed by atoms with Crippen LogP contribution in [0, 0.1) is 0 Å². The van der Waals surface area contributed by atoms with Crippen molar-refractivity contribution in [2.75, 3.05) is 18.5 Å². The van der Waals surface area contributed by atoms with Gasteiger partial charge in [-0.3, -0.25) is 18.9 Å². The van der Waals surface area contributed by atoms with Crippen molar-refractivity contribution in [1.29, 1.82) is 0 Å². The molecule has 0 heterocycles. The van der Waals surface area contributed by atoms with Crippen LogP contribution in [0.1, 0.15) is 54.7 Å². The molecule has 392 valence electrons. The third kappa shape index (κ3) is 14.2. The number of amides is 1. The second-order valence-corrected chi connectivity index (χ2v) is 19.8. The molecule has 0 fully saturated rings. The van der Waals surface area contributed by atoms with Crippen LogP contribution in [0.15, 0.2) is 169 Å². The van der Waals surface area contributed by atoms with Crippen LogP contribution in [0.3, 0.4) is 0 Å². The number of halogens is 2. The minimum absolute atomic E-state index is 0. The summed E-state index contributed by atoms with van der Waals surface area (Å²) >= 11 is 12.2. The monoisotopic (exact) mass is 1240 g/mol. The maximum absolute atomic E-state index is 13.5. The van der Waals surface area contributed by atoms with Crippen LogP contribution in [-0.2, 0) is 33.1 Å². The second kappa shape index (κ2) is 26.3. The number of phenolic OH excluding ortho intramolecular Hbond substituents is 1. The fourth-order valence-electron chi connectivity index (χ4n) is 7.74. The number of aryl methyl sites for hydroxylation is 2. The third-order valence-electron chi connectivity index (χ3n) is 11.3. The number of carbonyl (C=O) groups excluding carboxylic acids is 1. The van der Waals surface area contributed by atoms with Crippen molar-refractivity contribution in [3.63, 3.8) is 0 Å². The molecule has 0 bridgehead atoms. The minimum Gasteiger partial charge on any atom is -0.871 e. The Hall–Kier alpha value is -6.41. The van der Waals surface area contributed by atoms with E-state index in [9.17, 15) is 46.1 Å². The Balaban J connectivity index is 0.000000246. The van der Waals surface area contributed by atoms with E-state index in [4.69, 9.17) is 32.7 Å². The summed E-state index contributed by atoms with van der Waals surface area (Å²) in [7, 11) is -9.49. The van der Waals surface area contributed by atoms with Crippen LogP contribution in [0.2, 0.25) is 10.0 Å². The average molecular weight is 1240 g/mol. The Labute approximate surface area is 493 Å². The van der Waals surface area contributed by atoms with Crippen LogP contribution >= 0.6 is 23.2 Å². The van der Waals surface area contributed by atoms with Crippen molar-refractivity contribution in [2.24, 2.45) is 25.4 Å². The summed E-state index contributed by atoms with van der Waals surface area (Å²) in [5.41, 5.74) is 0.931. The number of azo groups is 2. The first-order chi connectivity index (χ1) is 36.3. The molecule has 23 heteroatoms. The van der Waals surface area contributed by atoms with Crippen LogP contribution in [0.5, 0.6) is 23.0 Å². The van der Waals surface area contributed by atoms with E-state index >= 15 is 0 Å². The molecule has 0 aliphatic rings. The van der Waals surface area contributed by atoms with E-state index in [1.54, 1.807) is 104 Å². The Kier molecular flexibility index (Phi) is 20.4. The molecule has 8 aromatic carbocycles. The van der Waals surface area contributed by atoms with Gasteiger partial charge in [-0.15, -0.1) is 15.3 Å². The van der Waals surface area contributed by atoms with Gasteiger partial charge in [0.15, 0.2) is 5.75 Å². The van der Waals surface area contributed by atoms with Gasteiger partial charge < -0.3 is 30.1 Å². The molecule has 18 nitrogen and oxygen atoms in total. The molecule has 0 aliphatic carbocycles. The van der Waals surface area contributed by atoms with E-state index in [0.717, 1.165) is 0 Å². The van der Waals surface area contributed by atoms with Crippen molar-refractivity contribution in [1.82, 2.24) is 0 Å². The summed E-state index contributed by atoms with van der Waals surface area (Å²) in [6, 6.07) is 35.8. The number of aliphatic imine (C=N–C) groups is 1. The predicted molar refractivity (Wildman–Crippen MR) is 294 cm³/mol. The molecule has 0 saturated carbocycles. The fraction of sp³-hybridized carbons (Fsp3) is 0.148. The molecule has 0 aliphatic heterocycles. The van der Waals surface area contributed by atoms with E-state index in [-0.39, 0.29) is 98.5 Å². The molecule has 8 rings (SSSR count). The number of hydrogen-bond donors (Lipinski definition) is 4. The molecular weight excluding hydrogens is 1200 g/mol. The smallest absolute Gasteiger partial charge is 0.871 e. The van der Waals surface area contributed by atoms with Gasteiger partial charge in [0.1, 0.15) is 44.0 Å². The maximum Gasteiger partial charge on any atom is 2.00 e. The first-order valence-electron chi connectivity index (χ1n) is 23.2. The van der Waals surface area contributed by atoms with E-state index in [0.29, 0.717) is 75.9 Å². The maximum atomic E-state index is 13.5. The molecule has 0 aromatic heterocycles. The van der Waals surface area contributed by atoms with E-state index < -0.39 is 53.3 Å².